The van der Waals surface area contributed by atoms with E-state index < -0.39 is 47.3 Å². The number of aliphatic hydroxyl groups excluding tert-OH is 3. The molecule has 2 bridgehead atoms. The minimum Gasteiger partial charge on any atom is -0.506 e. The largest absolute Gasteiger partial charge is 0.506 e. The number of aliphatic hydroxyl groups is 3. The number of benzene rings is 2. The first-order chi connectivity index (χ1) is 18.6. The first-order valence-electron chi connectivity index (χ1n) is 12.9. The number of phenolic OH excluding ortho intramolecular Hbond substituents is 1. The highest BCUT2D eigenvalue weighted by atomic mass is 16.7. The second-order valence-corrected chi connectivity index (χ2v) is 9.89. The van der Waals surface area contributed by atoms with Crippen molar-refractivity contribution >= 4 is 22.8 Å². The van der Waals surface area contributed by atoms with Gasteiger partial charge in [-0.3, -0.25) is 4.79 Å². The minimum atomic E-state index is -2.33. The molecule has 11 heteroatoms. The third kappa shape index (κ3) is 4.78. The van der Waals surface area contributed by atoms with Crippen molar-refractivity contribution in [2.24, 2.45) is 0 Å². The molecule has 0 fully saturated rings. The number of carbonyl (C=O) groups is 2. The van der Waals surface area contributed by atoms with Crippen LogP contribution in [0.5, 0.6) is 11.5 Å². The van der Waals surface area contributed by atoms with Crippen LogP contribution in [0.2, 0.25) is 0 Å². The Labute approximate surface area is 223 Å². The Morgan fingerprint density at radius 2 is 1.59 bits per heavy atom. The molecule has 0 amide bonds. The molecule has 0 spiro atoms. The zero-order valence-corrected chi connectivity index (χ0v) is 21.5. The maximum Gasteiger partial charge on any atom is 0.364 e. The molecule has 1 aliphatic carbocycles. The van der Waals surface area contributed by atoms with Crippen LogP contribution < -0.4 is 20.5 Å². The smallest absolute Gasteiger partial charge is 0.364 e. The molecule has 3 atom stereocenters. The number of carbonyl (C=O) groups excluding carboxylic acids is 2. The van der Waals surface area contributed by atoms with Gasteiger partial charge in [0, 0.05) is 18.0 Å². The molecular formula is C28H30N2O9. The van der Waals surface area contributed by atoms with Crippen molar-refractivity contribution in [1.82, 2.24) is 10.0 Å². The molecule has 2 heterocycles. The number of nitrogens with one attached hydrogen (secondary N) is 1. The van der Waals surface area contributed by atoms with E-state index in [-0.39, 0.29) is 29.1 Å². The predicted molar refractivity (Wildman–Crippen MR) is 138 cm³/mol. The number of nitrogens with zero attached hydrogens (tertiary/aromatic N) is 1. The summed E-state index contributed by atoms with van der Waals surface area (Å²) in [6, 6.07) is 8.42. The van der Waals surface area contributed by atoms with Gasteiger partial charge in [0.15, 0.2) is 18.0 Å². The van der Waals surface area contributed by atoms with E-state index in [1.165, 1.54) is 34.4 Å². The van der Waals surface area contributed by atoms with Gasteiger partial charge < -0.3 is 35.3 Å². The van der Waals surface area contributed by atoms with Gasteiger partial charge in [-0.15, -0.1) is 4.73 Å². The van der Waals surface area contributed by atoms with Crippen LogP contribution in [-0.4, -0.2) is 61.9 Å². The van der Waals surface area contributed by atoms with Gasteiger partial charge in [0.05, 0.1) is 6.10 Å². The summed E-state index contributed by atoms with van der Waals surface area (Å²) in [5.74, 6) is -4.03. The normalized spacial score (nSPS) is 20.1. The summed E-state index contributed by atoms with van der Waals surface area (Å²) in [7, 11) is 0. The number of fused-ring (bicyclic) bond motifs is 5. The molecule has 0 radical (unpaired) electrons. The number of rotatable bonds is 6. The number of aromatic hydroxyl groups is 1. The molecule has 206 valence electrons. The van der Waals surface area contributed by atoms with Crippen molar-refractivity contribution in [3.05, 3.63) is 68.5 Å². The third-order valence-electron chi connectivity index (χ3n) is 7.45. The lowest BCUT2D eigenvalue weighted by Gasteiger charge is -2.20. The van der Waals surface area contributed by atoms with E-state index in [0.29, 0.717) is 4.73 Å². The van der Waals surface area contributed by atoms with Crippen molar-refractivity contribution in [3.8, 4) is 11.5 Å². The van der Waals surface area contributed by atoms with Crippen LogP contribution in [-0.2, 0) is 35.3 Å². The fraction of sp³-hybridized carbons (Fsp3) is 0.393. The Hall–Kier alpha value is -3.77. The van der Waals surface area contributed by atoms with Gasteiger partial charge in [-0.1, -0.05) is 32.0 Å². The zero-order valence-electron chi connectivity index (χ0n) is 21.5. The molecule has 3 aromatic rings. The summed E-state index contributed by atoms with van der Waals surface area (Å²) >= 11 is 0. The van der Waals surface area contributed by atoms with Crippen LogP contribution in [0, 0.1) is 0 Å². The number of ether oxygens (including phenoxy) is 1. The Kier molecular flexibility index (Phi) is 7.17. The number of pyridine rings is 1. The topological polar surface area (TPSA) is 168 Å². The van der Waals surface area contributed by atoms with Crippen LogP contribution in [0.4, 0.5) is 0 Å². The maximum atomic E-state index is 12.9. The summed E-state index contributed by atoms with van der Waals surface area (Å²) < 4.78 is 5.32. The number of aromatic nitrogens is 1. The fourth-order valence-electron chi connectivity index (χ4n) is 5.36. The first kappa shape index (κ1) is 26.8. The average molecular weight is 539 g/mol. The first-order valence-corrected chi connectivity index (χ1v) is 12.9. The van der Waals surface area contributed by atoms with Crippen LogP contribution >= 0.6 is 0 Å². The van der Waals surface area contributed by atoms with Gasteiger partial charge >= 0.3 is 17.5 Å². The van der Waals surface area contributed by atoms with Crippen LogP contribution in [0.3, 0.4) is 0 Å². The van der Waals surface area contributed by atoms with Gasteiger partial charge in [-0.05, 0) is 65.6 Å². The number of esters is 1. The predicted octanol–water partition coefficient (Wildman–Crippen LogP) is 0.218. The van der Waals surface area contributed by atoms with Crippen LogP contribution in [0.1, 0.15) is 47.8 Å². The highest BCUT2D eigenvalue weighted by molar-refractivity contribution is 5.92. The van der Waals surface area contributed by atoms with Gasteiger partial charge in [-0.2, -0.15) is 0 Å². The zero-order chi connectivity index (χ0) is 28.0. The summed E-state index contributed by atoms with van der Waals surface area (Å²) in [6.07, 6.45) is -2.18. The number of phenols is 1. The number of hydrogen-bond acceptors (Lipinski definition) is 10. The lowest BCUT2D eigenvalue weighted by atomic mass is 9.97. The van der Waals surface area contributed by atoms with Crippen molar-refractivity contribution < 1.29 is 39.6 Å². The average Bonchev–Trinajstić information content (AvgIpc) is 3.33. The Morgan fingerprint density at radius 1 is 0.974 bits per heavy atom. The van der Waals surface area contributed by atoms with E-state index in [1.54, 1.807) is 0 Å². The fourth-order valence-corrected chi connectivity index (χ4v) is 5.36. The SMILES string of the molecule is CCc1cc2c(cc1CC)CC(NC[C@H](O)c1ccc(O)c3c1cc1c(=O)n3OC(=O)C(O)C(O)C(=O)O1)C2. The Balaban J connectivity index is 1.45. The lowest BCUT2D eigenvalue weighted by molar-refractivity contribution is -0.167. The van der Waals surface area contributed by atoms with Gasteiger partial charge in [-0.25, -0.2) is 9.59 Å². The van der Waals surface area contributed by atoms with E-state index >= 15 is 0 Å². The summed E-state index contributed by atoms with van der Waals surface area (Å²) in [5.41, 5.74) is 4.14. The molecule has 1 aliphatic heterocycles. The van der Waals surface area contributed by atoms with E-state index in [0.717, 1.165) is 31.7 Å². The van der Waals surface area contributed by atoms with Crippen LogP contribution in [0.25, 0.3) is 10.9 Å². The van der Waals surface area contributed by atoms with E-state index in [1.807, 2.05) is 0 Å². The van der Waals surface area contributed by atoms with Gasteiger partial charge in [0.2, 0.25) is 0 Å². The van der Waals surface area contributed by atoms with Crippen molar-refractivity contribution in [2.45, 2.75) is 63.9 Å². The van der Waals surface area contributed by atoms with Gasteiger partial charge in [0.25, 0.3) is 0 Å². The Morgan fingerprint density at radius 3 is 2.21 bits per heavy atom. The van der Waals surface area contributed by atoms with E-state index in [9.17, 15) is 34.8 Å². The molecule has 0 saturated carbocycles. The standard InChI is InChI=1S/C28H30N2O9/c1-3-13-7-15-9-17(10-16(15)8-14(13)4-2)29-12-21(32)18-5-6-20(31)23-19(18)11-22-26(35)30(23)39-28(37)25(34)24(33)27(36)38-22/h5-8,11,17,21,24-25,29,31-34H,3-4,9-10,12H2,1-2H3/t21-,24?,25?/m0/s1. The lowest BCUT2D eigenvalue weighted by Crippen LogP contribution is -2.44. The van der Waals surface area contributed by atoms with Crippen molar-refractivity contribution in [2.75, 3.05) is 6.54 Å². The highest BCUT2D eigenvalue weighted by Gasteiger charge is 2.37. The number of aryl methyl sites for hydroxylation is 2. The summed E-state index contributed by atoms with van der Waals surface area (Å²) in [4.78, 5) is 42.3. The van der Waals surface area contributed by atoms with Crippen molar-refractivity contribution in [1.29, 1.82) is 0 Å². The monoisotopic (exact) mass is 538 g/mol. The van der Waals surface area contributed by atoms with E-state index in [4.69, 9.17) is 9.57 Å². The molecule has 0 saturated heterocycles. The minimum absolute atomic E-state index is 0.0697. The molecule has 11 nitrogen and oxygen atoms in total. The second kappa shape index (κ2) is 10.4. The second-order valence-electron chi connectivity index (χ2n) is 9.89. The highest BCUT2D eigenvalue weighted by Crippen LogP contribution is 2.33. The summed E-state index contributed by atoms with van der Waals surface area (Å²) in [5, 5.41) is 44.9. The van der Waals surface area contributed by atoms with Crippen LogP contribution in [0.15, 0.2) is 35.1 Å². The molecule has 39 heavy (non-hydrogen) atoms. The Bertz CT molecular complexity index is 1500. The molecule has 2 aromatic carbocycles. The molecule has 5 N–H and O–H groups in total. The number of hydrogen-bond donors (Lipinski definition) is 5. The molecule has 2 unspecified atom stereocenters. The van der Waals surface area contributed by atoms with Crippen molar-refractivity contribution in [3.63, 3.8) is 0 Å². The summed E-state index contributed by atoms with van der Waals surface area (Å²) in [6.45, 7) is 4.42. The maximum absolute atomic E-state index is 12.9. The molecule has 1 aromatic heterocycles. The molecule has 5 rings (SSSR count). The molecular weight excluding hydrogens is 508 g/mol. The van der Waals surface area contributed by atoms with Gasteiger partial charge in [0.1, 0.15) is 11.3 Å². The quantitative estimate of drug-likeness (QED) is 0.274. The third-order valence-corrected chi connectivity index (χ3v) is 7.45. The molecule has 2 aliphatic rings. The van der Waals surface area contributed by atoms with E-state index in [2.05, 4.69) is 31.3 Å².